The molecule has 6 nitrogen and oxygen atoms in total. The molecule has 0 aliphatic rings. The lowest BCUT2D eigenvalue weighted by molar-refractivity contribution is -0.143. The van der Waals surface area contributed by atoms with Gasteiger partial charge >= 0.3 is 5.97 Å². The molecule has 1 amide bonds. The number of aliphatic hydroxyl groups excluding tert-OH is 2. The second-order valence-electron chi connectivity index (χ2n) is 23.1. The van der Waals surface area contributed by atoms with Crippen molar-refractivity contribution in [2.24, 2.45) is 0 Å². The number of esters is 1. The second kappa shape index (κ2) is 65.3. The number of ether oxygens (including phenoxy) is 1. The number of carbonyl (C=O) groups is 2. The predicted molar refractivity (Wildman–Crippen MR) is 333 cm³/mol. The summed E-state index contributed by atoms with van der Waals surface area (Å²) in [6.07, 6.45) is 84.6. The Balaban J connectivity index is 3.40. The van der Waals surface area contributed by atoms with E-state index < -0.39 is 12.1 Å². The van der Waals surface area contributed by atoms with Gasteiger partial charge < -0.3 is 20.3 Å². The fraction of sp³-hybridized carbons (Fsp3) is 0.857. The topological polar surface area (TPSA) is 95.9 Å². The lowest BCUT2D eigenvalue weighted by atomic mass is 10.0. The molecule has 6 heteroatoms. The van der Waals surface area contributed by atoms with E-state index in [0.717, 1.165) is 51.4 Å². The van der Waals surface area contributed by atoms with Crippen LogP contribution in [0.3, 0.4) is 0 Å². The van der Waals surface area contributed by atoms with Gasteiger partial charge in [-0.15, -0.1) is 0 Å². The minimum atomic E-state index is -0.844. The normalized spacial score (nSPS) is 12.8. The smallest absolute Gasteiger partial charge is 0.305 e. The number of allylic oxidation sites excluding steroid dienone is 7. The van der Waals surface area contributed by atoms with Gasteiger partial charge in [0.1, 0.15) is 0 Å². The van der Waals surface area contributed by atoms with Crippen molar-refractivity contribution >= 4 is 11.9 Å². The molecule has 0 aromatic heterocycles. The number of carbonyl (C=O) groups excluding carboxylic acids is 2. The third kappa shape index (κ3) is 61.0. The maximum atomic E-state index is 12.5. The molecule has 0 aromatic rings. The highest BCUT2D eigenvalue weighted by Gasteiger charge is 2.18. The van der Waals surface area contributed by atoms with Crippen molar-refractivity contribution in [3.8, 4) is 0 Å². The van der Waals surface area contributed by atoms with Crippen LogP contribution in [-0.2, 0) is 14.3 Å². The Hall–Kier alpha value is -2.18. The Bertz CT molecular complexity index is 1270. The molecular weight excluding hydrogens is 935 g/mol. The van der Waals surface area contributed by atoms with Crippen molar-refractivity contribution in [1.29, 1.82) is 0 Å². The van der Waals surface area contributed by atoms with Gasteiger partial charge in [0.2, 0.25) is 5.91 Å². The van der Waals surface area contributed by atoms with Crippen molar-refractivity contribution in [2.75, 3.05) is 13.2 Å². The zero-order valence-corrected chi connectivity index (χ0v) is 51.0. The van der Waals surface area contributed by atoms with Crippen LogP contribution >= 0.6 is 0 Å². The molecule has 76 heavy (non-hydrogen) atoms. The molecule has 0 radical (unpaired) electrons. The number of hydrogen-bond donors (Lipinski definition) is 3. The molecule has 0 saturated heterocycles. The first kappa shape index (κ1) is 73.8. The zero-order valence-electron chi connectivity index (χ0n) is 51.0. The van der Waals surface area contributed by atoms with Gasteiger partial charge in [-0.05, 0) is 83.5 Å². The van der Waals surface area contributed by atoms with Crippen LogP contribution in [-0.4, -0.2) is 47.4 Å². The van der Waals surface area contributed by atoms with Crippen LogP contribution in [0.4, 0.5) is 0 Å². The van der Waals surface area contributed by atoms with Crippen LogP contribution in [0.15, 0.2) is 48.6 Å². The molecule has 0 saturated carbocycles. The molecule has 0 aliphatic carbocycles. The predicted octanol–water partition coefficient (Wildman–Crippen LogP) is 21.7. The number of rotatable bonds is 63. The van der Waals surface area contributed by atoms with Crippen molar-refractivity contribution in [1.82, 2.24) is 5.32 Å². The summed E-state index contributed by atoms with van der Waals surface area (Å²) < 4.78 is 5.48. The van der Waals surface area contributed by atoms with Crippen molar-refractivity contribution < 1.29 is 24.5 Å². The first-order valence-electron chi connectivity index (χ1n) is 33.9. The highest BCUT2D eigenvalue weighted by atomic mass is 16.5. The van der Waals surface area contributed by atoms with E-state index in [1.54, 1.807) is 6.08 Å². The van der Waals surface area contributed by atoms with Crippen LogP contribution in [0, 0.1) is 0 Å². The first-order chi connectivity index (χ1) is 37.5. The van der Waals surface area contributed by atoms with Gasteiger partial charge in [0.15, 0.2) is 0 Å². The number of nitrogens with one attached hydrogen (secondary N) is 1. The molecule has 3 N–H and O–H groups in total. The molecule has 0 heterocycles. The number of unbranched alkanes of at least 4 members (excludes halogenated alkanes) is 46. The van der Waals surface area contributed by atoms with Gasteiger partial charge in [-0.1, -0.05) is 313 Å². The van der Waals surface area contributed by atoms with E-state index in [1.807, 2.05) is 6.08 Å². The number of aliphatic hydroxyl groups is 2. The Morgan fingerprint density at radius 1 is 0.368 bits per heavy atom. The minimum Gasteiger partial charge on any atom is -0.466 e. The first-order valence-corrected chi connectivity index (χ1v) is 33.9. The van der Waals surface area contributed by atoms with Gasteiger partial charge in [0, 0.05) is 12.8 Å². The van der Waals surface area contributed by atoms with Crippen molar-refractivity contribution in [3.63, 3.8) is 0 Å². The molecule has 0 spiro atoms. The summed E-state index contributed by atoms with van der Waals surface area (Å²) in [5.74, 6) is -0.0641. The molecule has 0 rings (SSSR count). The summed E-state index contributed by atoms with van der Waals surface area (Å²) in [6, 6.07) is -0.628. The van der Waals surface area contributed by atoms with Crippen molar-refractivity contribution in [2.45, 2.75) is 373 Å². The highest BCUT2D eigenvalue weighted by molar-refractivity contribution is 5.76. The molecule has 0 aromatic carbocycles. The summed E-state index contributed by atoms with van der Waals surface area (Å²) in [7, 11) is 0. The lowest BCUT2D eigenvalue weighted by Gasteiger charge is -2.20. The average molecular weight is 1070 g/mol. The number of amides is 1. The summed E-state index contributed by atoms with van der Waals surface area (Å²) in [4.78, 5) is 24.5. The standard InChI is InChI=1S/C70H131NO5/c1-3-5-7-9-11-13-15-17-19-35-38-42-46-50-54-58-62-68(73)67(66-72)71-69(74)63-59-55-51-47-43-39-36-33-31-29-27-25-23-21-20-22-24-26-28-30-32-34-37-41-45-49-53-57-61-65-76-70(75)64-60-56-52-48-44-40-18-16-14-12-10-8-6-4-2/h10,12,16,18,20,22,58,62,67-68,72-73H,3-9,11,13-15,17,19,21,23-57,59-61,63-66H2,1-2H3,(H,71,74)/b12-10-,18-16-,22-20-,62-58+. The van der Waals surface area contributed by atoms with Gasteiger partial charge in [0.05, 0.1) is 25.4 Å². The summed E-state index contributed by atoms with van der Waals surface area (Å²) in [5, 5.41) is 23.2. The van der Waals surface area contributed by atoms with E-state index in [4.69, 9.17) is 4.74 Å². The maximum absolute atomic E-state index is 12.5. The molecule has 0 bridgehead atoms. The van der Waals surface area contributed by atoms with Gasteiger partial charge in [-0.3, -0.25) is 9.59 Å². The van der Waals surface area contributed by atoms with E-state index >= 15 is 0 Å². The molecule has 2 atom stereocenters. The van der Waals surface area contributed by atoms with Gasteiger partial charge in [-0.2, -0.15) is 0 Å². The average Bonchev–Trinajstić information content (AvgIpc) is 3.42. The minimum absolute atomic E-state index is 0.00140. The molecule has 0 aliphatic heterocycles. The largest absolute Gasteiger partial charge is 0.466 e. The van der Waals surface area contributed by atoms with Crippen LogP contribution in [0.2, 0.25) is 0 Å². The van der Waals surface area contributed by atoms with Crippen LogP contribution in [0.5, 0.6) is 0 Å². The van der Waals surface area contributed by atoms with Gasteiger partial charge in [0.25, 0.3) is 0 Å². The van der Waals surface area contributed by atoms with E-state index in [2.05, 4.69) is 55.6 Å². The SMILES string of the molecule is CCCC/C=C\C/C=C\CCCCCCCC(=O)OCCCCCCCCCCCCCC/C=C\CCCCCCCCCCCCCCCC(=O)NC(CO)C(O)/C=C/CCCCCCCCCCCCCCCC. The Labute approximate surface area is 474 Å². The Morgan fingerprint density at radius 3 is 1.05 bits per heavy atom. The molecular formula is C70H131NO5. The van der Waals surface area contributed by atoms with E-state index in [-0.39, 0.29) is 18.5 Å². The summed E-state index contributed by atoms with van der Waals surface area (Å²) >= 11 is 0. The monoisotopic (exact) mass is 1070 g/mol. The number of hydrogen-bond acceptors (Lipinski definition) is 5. The van der Waals surface area contributed by atoms with E-state index in [1.165, 1.54) is 283 Å². The van der Waals surface area contributed by atoms with E-state index in [0.29, 0.717) is 19.4 Å². The van der Waals surface area contributed by atoms with Crippen LogP contribution < -0.4 is 5.32 Å². The fourth-order valence-electron chi connectivity index (χ4n) is 10.4. The molecule has 2 unspecified atom stereocenters. The van der Waals surface area contributed by atoms with Gasteiger partial charge in [-0.25, -0.2) is 0 Å². The summed E-state index contributed by atoms with van der Waals surface area (Å²) in [5.41, 5.74) is 0. The highest BCUT2D eigenvalue weighted by Crippen LogP contribution is 2.18. The van der Waals surface area contributed by atoms with Crippen molar-refractivity contribution in [3.05, 3.63) is 48.6 Å². The van der Waals surface area contributed by atoms with Crippen LogP contribution in [0.25, 0.3) is 0 Å². The molecule has 0 fully saturated rings. The quantitative estimate of drug-likeness (QED) is 0.0320. The second-order valence-corrected chi connectivity index (χ2v) is 23.1. The van der Waals surface area contributed by atoms with E-state index in [9.17, 15) is 19.8 Å². The Morgan fingerprint density at radius 2 is 0.671 bits per heavy atom. The maximum Gasteiger partial charge on any atom is 0.305 e. The summed E-state index contributed by atoms with van der Waals surface area (Å²) in [6.45, 7) is 4.88. The third-order valence-corrected chi connectivity index (χ3v) is 15.6. The Kier molecular flexibility index (Phi) is 63.5. The lowest BCUT2D eigenvalue weighted by Crippen LogP contribution is -2.45. The molecule has 446 valence electrons. The fourth-order valence-corrected chi connectivity index (χ4v) is 10.4. The zero-order chi connectivity index (χ0) is 55.0. The van der Waals surface area contributed by atoms with Crippen LogP contribution in [0.1, 0.15) is 361 Å². The third-order valence-electron chi connectivity index (χ3n) is 15.6.